The van der Waals surface area contributed by atoms with E-state index in [0.717, 1.165) is 27.8 Å². The number of ether oxygens (including phenoxy) is 2. The second-order valence-electron chi connectivity index (χ2n) is 8.40. The van der Waals surface area contributed by atoms with E-state index in [1.165, 1.54) is 0 Å². The van der Waals surface area contributed by atoms with Gasteiger partial charge >= 0.3 is 12.1 Å². The van der Waals surface area contributed by atoms with Gasteiger partial charge in [0.05, 0.1) is 18.6 Å². The molecule has 0 fully saturated rings. The van der Waals surface area contributed by atoms with Crippen molar-refractivity contribution in [1.29, 1.82) is 0 Å². The number of alkyl carbamates (subject to hydrolysis) is 1. The Morgan fingerprint density at radius 1 is 0.882 bits per heavy atom. The first-order valence-electron chi connectivity index (χ1n) is 11.6. The van der Waals surface area contributed by atoms with Crippen LogP contribution in [0.15, 0.2) is 78.9 Å². The lowest BCUT2D eigenvalue weighted by Crippen LogP contribution is -2.45. The molecule has 176 valence electrons. The number of hydrogen-bond acceptors (Lipinski definition) is 5. The van der Waals surface area contributed by atoms with Crippen LogP contribution in [0.1, 0.15) is 42.4 Å². The Kier molecular flexibility index (Phi) is 7.60. The number of rotatable bonds is 9. The summed E-state index contributed by atoms with van der Waals surface area (Å²) in [5.41, 5.74) is 5.39. The SMILES string of the molecule is CCC(O)[C@H](CC(=O)OCc1ccccc1)NC(=O)OCC1c2ccccc2-c2ccccc21. The summed E-state index contributed by atoms with van der Waals surface area (Å²) in [5.74, 6) is -0.566. The van der Waals surface area contributed by atoms with E-state index in [1.807, 2.05) is 66.7 Å². The summed E-state index contributed by atoms with van der Waals surface area (Å²) in [5, 5.41) is 13.0. The maximum Gasteiger partial charge on any atom is 0.407 e. The topological polar surface area (TPSA) is 84.9 Å². The van der Waals surface area contributed by atoms with Crippen LogP contribution in [-0.2, 0) is 20.9 Å². The van der Waals surface area contributed by atoms with Crippen molar-refractivity contribution in [2.45, 2.75) is 44.4 Å². The first-order chi connectivity index (χ1) is 16.6. The van der Waals surface area contributed by atoms with Gasteiger partial charge in [-0.05, 0) is 34.2 Å². The van der Waals surface area contributed by atoms with Crippen molar-refractivity contribution in [1.82, 2.24) is 5.32 Å². The number of benzene rings is 3. The van der Waals surface area contributed by atoms with Gasteiger partial charge < -0.3 is 19.9 Å². The molecule has 6 heteroatoms. The highest BCUT2D eigenvalue weighted by atomic mass is 16.5. The summed E-state index contributed by atoms with van der Waals surface area (Å²) < 4.78 is 10.9. The molecular weight excluding hydrogens is 430 g/mol. The number of amides is 1. The van der Waals surface area contributed by atoms with Crippen LogP contribution in [0.2, 0.25) is 0 Å². The second-order valence-corrected chi connectivity index (χ2v) is 8.40. The van der Waals surface area contributed by atoms with E-state index in [4.69, 9.17) is 9.47 Å². The zero-order valence-corrected chi connectivity index (χ0v) is 19.1. The summed E-state index contributed by atoms with van der Waals surface area (Å²) in [7, 11) is 0. The predicted molar refractivity (Wildman–Crippen MR) is 129 cm³/mol. The molecule has 1 aliphatic carbocycles. The number of esters is 1. The largest absolute Gasteiger partial charge is 0.461 e. The van der Waals surface area contributed by atoms with E-state index in [2.05, 4.69) is 17.4 Å². The zero-order chi connectivity index (χ0) is 23.9. The molecule has 2 N–H and O–H groups in total. The third-order valence-corrected chi connectivity index (χ3v) is 6.16. The number of fused-ring (bicyclic) bond motifs is 3. The third-order valence-electron chi connectivity index (χ3n) is 6.16. The molecule has 2 atom stereocenters. The number of hydrogen-bond donors (Lipinski definition) is 2. The van der Waals surface area contributed by atoms with Gasteiger partial charge in [-0.3, -0.25) is 4.79 Å². The van der Waals surface area contributed by atoms with E-state index in [1.54, 1.807) is 6.92 Å². The zero-order valence-electron chi connectivity index (χ0n) is 19.1. The van der Waals surface area contributed by atoms with Crippen LogP contribution < -0.4 is 5.32 Å². The van der Waals surface area contributed by atoms with Gasteiger partial charge in [-0.15, -0.1) is 0 Å². The van der Waals surface area contributed by atoms with E-state index in [-0.39, 0.29) is 25.6 Å². The highest BCUT2D eigenvalue weighted by Gasteiger charge is 2.30. The Balaban J connectivity index is 1.35. The second kappa shape index (κ2) is 11.0. The quantitative estimate of drug-likeness (QED) is 0.449. The fourth-order valence-corrected chi connectivity index (χ4v) is 4.34. The van der Waals surface area contributed by atoms with Crippen molar-refractivity contribution in [3.8, 4) is 11.1 Å². The lowest BCUT2D eigenvalue weighted by molar-refractivity contribution is -0.146. The summed E-state index contributed by atoms with van der Waals surface area (Å²) in [6, 6.07) is 24.7. The molecule has 0 saturated heterocycles. The minimum absolute atomic E-state index is 0.0662. The van der Waals surface area contributed by atoms with E-state index in [0.29, 0.717) is 6.42 Å². The van der Waals surface area contributed by atoms with Crippen molar-refractivity contribution in [2.24, 2.45) is 0 Å². The lowest BCUT2D eigenvalue weighted by atomic mass is 9.98. The molecule has 0 saturated carbocycles. The Hall–Kier alpha value is -3.64. The van der Waals surface area contributed by atoms with Gasteiger partial charge in [-0.2, -0.15) is 0 Å². The van der Waals surface area contributed by atoms with Crippen LogP contribution >= 0.6 is 0 Å². The molecule has 0 bridgehead atoms. The fraction of sp³-hybridized carbons (Fsp3) is 0.286. The molecule has 6 nitrogen and oxygen atoms in total. The van der Waals surface area contributed by atoms with Gasteiger partial charge in [0.1, 0.15) is 13.2 Å². The van der Waals surface area contributed by atoms with Crippen LogP contribution in [0.25, 0.3) is 11.1 Å². The van der Waals surface area contributed by atoms with Crippen LogP contribution in [0.4, 0.5) is 4.79 Å². The number of nitrogens with one attached hydrogen (secondary N) is 1. The molecule has 1 unspecified atom stereocenters. The number of carbonyl (C=O) groups excluding carboxylic acids is 2. The van der Waals surface area contributed by atoms with Gasteiger partial charge in [0.15, 0.2) is 0 Å². The molecule has 34 heavy (non-hydrogen) atoms. The van der Waals surface area contributed by atoms with E-state index in [9.17, 15) is 14.7 Å². The molecular formula is C28H29NO5. The molecule has 0 radical (unpaired) electrons. The summed E-state index contributed by atoms with van der Waals surface area (Å²) >= 11 is 0. The summed E-state index contributed by atoms with van der Waals surface area (Å²) in [4.78, 5) is 25.0. The molecule has 3 aromatic rings. The molecule has 4 rings (SSSR count). The van der Waals surface area contributed by atoms with E-state index < -0.39 is 24.2 Å². The van der Waals surface area contributed by atoms with E-state index >= 15 is 0 Å². The van der Waals surface area contributed by atoms with Gasteiger partial charge in [0.2, 0.25) is 0 Å². The molecule has 0 aromatic heterocycles. The lowest BCUT2D eigenvalue weighted by Gasteiger charge is -2.23. The van der Waals surface area contributed by atoms with Gasteiger partial charge in [-0.1, -0.05) is 85.8 Å². The number of aliphatic hydroxyl groups is 1. The number of aliphatic hydroxyl groups excluding tert-OH is 1. The van der Waals surface area contributed by atoms with Crippen LogP contribution in [-0.4, -0.2) is 35.9 Å². The maximum atomic E-state index is 12.6. The first kappa shape index (κ1) is 23.5. The van der Waals surface area contributed by atoms with Gasteiger partial charge in [-0.25, -0.2) is 4.79 Å². The molecule has 0 heterocycles. The molecule has 1 aliphatic rings. The average Bonchev–Trinajstić information content (AvgIpc) is 3.19. The minimum atomic E-state index is -0.898. The Morgan fingerprint density at radius 3 is 2.09 bits per heavy atom. The molecule has 1 amide bonds. The monoisotopic (exact) mass is 459 g/mol. The Bertz CT molecular complexity index is 1080. The molecule has 3 aromatic carbocycles. The van der Waals surface area contributed by atoms with Crippen molar-refractivity contribution in [3.63, 3.8) is 0 Å². The maximum absolute atomic E-state index is 12.6. The normalized spacial score (nSPS) is 13.9. The highest BCUT2D eigenvalue weighted by molar-refractivity contribution is 5.79. The van der Waals surface area contributed by atoms with Crippen LogP contribution in [0.5, 0.6) is 0 Å². The molecule has 0 aliphatic heterocycles. The Morgan fingerprint density at radius 2 is 1.47 bits per heavy atom. The fourth-order valence-electron chi connectivity index (χ4n) is 4.34. The standard InChI is InChI=1S/C28H29NO5/c1-2-26(30)25(16-27(31)33-17-19-10-4-3-5-11-19)29-28(32)34-18-24-22-14-8-6-12-20(22)21-13-7-9-15-23(21)24/h3-15,24-26,30H,2,16-18H2,1H3,(H,29,32)/t25-,26?/m0/s1. The van der Waals surface area contributed by atoms with Crippen molar-refractivity contribution < 1.29 is 24.2 Å². The minimum Gasteiger partial charge on any atom is -0.461 e. The van der Waals surface area contributed by atoms with Crippen LogP contribution in [0, 0.1) is 0 Å². The first-order valence-corrected chi connectivity index (χ1v) is 11.6. The number of carbonyl (C=O) groups is 2. The third kappa shape index (κ3) is 5.46. The Labute approximate surface area is 199 Å². The average molecular weight is 460 g/mol. The smallest absolute Gasteiger partial charge is 0.407 e. The van der Waals surface area contributed by atoms with Crippen molar-refractivity contribution in [3.05, 3.63) is 95.6 Å². The van der Waals surface area contributed by atoms with Gasteiger partial charge in [0.25, 0.3) is 0 Å². The molecule has 0 spiro atoms. The highest BCUT2D eigenvalue weighted by Crippen LogP contribution is 2.44. The van der Waals surface area contributed by atoms with Crippen molar-refractivity contribution >= 4 is 12.1 Å². The summed E-state index contributed by atoms with van der Waals surface area (Å²) in [6.07, 6.45) is -1.34. The predicted octanol–water partition coefficient (Wildman–Crippen LogP) is 4.80. The summed E-state index contributed by atoms with van der Waals surface area (Å²) in [6.45, 7) is 2.08. The van der Waals surface area contributed by atoms with Gasteiger partial charge in [0, 0.05) is 5.92 Å². The van der Waals surface area contributed by atoms with Crippen molar-refractivity contribution in [2.75, 3.05) is 6.61 Å². The van der Waals surface area contributed by atoms with Crippen LogP contribution in [0.3, 0.4) is 0 Å².